The molecule has 0 aliphatic heterocycles. The molecule has 0 saturated heterocycles. The van der Waals surface area contributed by atoms with Crippen molar-refractivity contribution in [2.45, 2.75) is 0 Å². The predicted molar refractivity (Wildman–Crippen MR) is 73.5 cm³/mol. The van der Waals surface area contributed by atoms with Crippen molar-refractivity contribution in [1.29, 1.82) is 0 Å². The molecule has 7 nitrogen and oxygen atoms in total. The van der Waals surface area contributed by atoms with Crippen LogP contribution >= 0.6 is 0 Å². The number of phenolic OH excluding ortho intramolecular Hbond substituents is 1. The molecular weight excluding hydrogens is 281 g/mol. The number of hydrogen-bond acceptors (Lipinski definition) is 5. The summed E-state index contributed by atoms with van der Waals surface area (Å²) in [6.07, 6.45) is 0. The number of carbonyl (C=O) groups is 1. The number of rotatable bonds is 3. The fraction of sp³-hybridized carbons (Fsp3) is 0. The summed E-state index contributed by atoms with van der Waals surface area (Å²) >= 11 is 0. The quantitative estimate of drug-likeness (QED) is 0.347. The maximum absolute atomic E-state index is 12.9. The topological polar surface area (TPSA) is 118 Å². The molecule has 21 heavy (non-hydrogen) atoms. The first kappa shape index (κ1) is 14.3. The van der Waals surface area contributed by atoms with Gasteiger partial charge in [0.05, 0.1) is 16.6 Å². The van der Waals surface area contributed by atoms with E-state index in [1.54, 1.807) is 0 Å². The first-order valence-corrected chi connectivity index (χ1v) is 5.72. The van der Waals surface area contributed by atoms with Crippen molar-refractivity contribution in [3.8, 4) is 5.75 Å². The number of nitro benzene ring substituents is 1. The number of nitrogens with two attached hydrogens (primary N) is 1. The average molecular weight is 291 g/mol. The van der Waals surface area contributed by atoms with Crippen LogP contribution < -0.4 is 11.1 Å². The maximum atomic E-state index is 12.9. The first-order chi connectivity index (χ1) is 9.88. The lowest BCUT2D eigenvalue weighted by atomic mass is 10.1. The van der Waals surface area contributed by atoms with Crippen LogP contribution in [0.5, 0.6) is 5.75 Å². The third-order valence-electron chi connectivity index (χ3n) is 2.68. The number of nitrogens with zero attached hydrogens (tertiary/aromatic N) is 1. The van der Waals surface area contributed by atoms with Gasteiger partial charge in [-0.3, -0.25) is 14.9 Å². The summed E-state index contributed by atoms with van der Waals surface area (Å²) in [5.41, 5.74) is 4.85. The Kier molecular flexibility index (Phi) is 3.70. The van der Waals surface area contributed by atoms with Crippen molar-refractivity contribution in [3.05, 3.63) is 57.9 Å². The van der Waals surface area contributed by atoms with Gasteiger partial charge in [-0.25, -0.2) is 4.39 Å². The molecule has 0 aliphatic rings. The molecule has 0 saturated carbocycles. The molecule has 0 unspecified atom stereocenters. The Bertz CT molecular complexity index is 733. The number of hydrogen-bond donors (Lipinski definition) is 3. The van der Waals surface area contributed by atoms with Crippen LogP contribution in [0.4, 0.5) is 21.5 Å². The van der Waals surface area contributed by atoms with Gasteiger partial charge >= 0.3 is 0 Å². The highest BCUT2D eigenvalue weighted by molar-refractivity contribution is 6.08. The SMILES string of the molecule is Nc1cc(F)ccc1C(=O)Nc1ccc(O)cc1[N+](=O)[O-]. The molecule has 0 spiro atoms. The number of halogens is 1. The van der Waals surface area contributed by atoms with Gasteiger partial charge in [-0.05, 0) is 30.3 Å². The number of carbonyl (C=O) groups excluding carboxylic acids is 1. The largest absolute Gasteiger partial charge is 0.508 e. The smallest absolute Gasteiger partial charge is 0.296 e. The van der Waals surface area contributed by atoms with Crippen LogP contribution in [0.1, 0.15) is 10.4 Å². The van der Waals surface area contributed by atoms with Gasteiger partial charge in [-0.1, -0.05) is 0 Å². The molecule has 0 aliphatic carbocycles. The standard InChI is InChI=1S/C13H10FN3O4/c14-7-1-3-9(10(15)5-7)13(19)16-11-4-2-8(18)6-12(11)17(20)21/h1-6,18H,15H2,(H,16,19). The zero-order chi connectivity index (χ0) is 15.6. The zero-order valence-electron chi connectivity index (χ0n) is 10.5. The number of benzene rings is 2. The second-order valence-corrected chi connectivity index (χ2v) is 4.14. The van der Waals surface area contributed by atoms with E-state index in [1.165, 1.54) is 18.2 Å². The van der Waals surface area contributed by atoms with Crippen LogP contribution in [0.15, 0.2) is 36.4 Å². The van der Waals surface area contributed by atoms with Gasteiger partial charge in [0.15, 0.2) is 0 Å². The van der Waals surface area contributed by atoms with E-state index in [0.29, 0.717) is 0 Å². The van der Waals surface area contributed by atoms with Crippen molar-refractivity contribution >= 4 is 23.0 Å². The Morgan fingerprint density at radius 1 is 1.29 bits per heavy atom. The average Bonchev–Trinajstić information content (AvgIpc) is 2.40. The first-order valence-electron chi connectivity index (χ1n) is 5.72. The second kappa shape index (κ2) is 5.45. The highest BCUT2D eigenvalue weighted by Gasteiger charge is 2.18. The number of nitro groups is 1. The molecule has 2 rings (SSSR count). The zero-order valence-corrected chi connectivity index (χ0v) is 10.5. The minimum Gasteiger partial charge on any atom is -0.508 e. The van der Waals surface area contributed by atoms with Crippen molar-refractivity contribution < 1.29 is 19.2 Å². The summed E-state index contributed by atoms with van der Waals surface area (Å²) < 4.78 is 12.9. The van der Waals surface area contributed by atoms with Gasteiger partial charge in [0, 0.05) is 5.69 Å². The normalized spacial score (nSPS) is 10.1. The van der Waals surface area contributed by atoms with Crippen LogP contribution in [0, 0.1) is 15.9 Å². The Morgan fingerprint density at radius 3 is 2.62 bits per heavy atom. The van der Waals surface area contributed by atoms with E-state index in [2.05, 4.69) is 5.32 Å². The van der Waals surface area contributed by atoms with Crippen LogP contribution in [0.2, 0.25) is 0 Å². The molecule has 1 amide bonds. The fourth-order valence-electron chi connectivity index (χ4n) is 1.71. The Morgan fingerprint density at radius 2 is 2.00 bits per heavy atom. The van der Waals surface area contributed by atoms with Gasteiger partial charge in [0.2, 0.25) is 0 Å². The number of phenols is 1. The Labute approximate surface area is 118 Å². The van der Waals surface area contributed by atoms with Crippen molar-refractivity contribution in [2.75, 3.05) is 11.1 Å². The van der Waals surface area contributed by atoms with E-state index < -0.39 is 22.3 Å². The lowest BCUT2D eigenvalue weighted by Gasteiger charge is -2.08. The predicted octanol–water partition coefficient (Wildman–Crippen LogP) is 2.27. The van der Waals surface area contributed by atoms with E-state index in [0.717, 1.165) is 18.2 Å². The molecule has 0 bridgehead atoms. The van der Waals surface area contributed by atoms with E-state index in [4.69, 9.17) is 5.73 Å². The monoisotopic (exact) mass is 291 g/mol. The molecule has 8 heteroatoms. The van der Waals surface area contributed by atoms with Crippen molar-refractivity contribution in [2.24, 2.45) is 0 Å². The third kappa shape index (κ3) is 3.06. The summed E-state index contributed by atoms with van der Waals surface area (Å²) in [6, 6.07) is 6.48. The molecule has 108 valence electrons. The van der Waals surface area contributed by atoms with Gasteiger partial charge < -0.3 is 16.2 Å². The number of nitrogen functional groups attached to an aromatic ring is 1. The molecule has 0 aromatic heterocycles. The third-order valence-corrected chi connectivity index (χ3v) is 2.68. The van der Waals surface area contributed by atoms with Crippen molar-refractivity contribution in [1.82, 2.24) is 0 Å². The Hall–Kier alpha value is -3.16. The van der Waals surface area contributed by atoms with E-state index in [-0.39, 0.29) is 22.7 Å². The summed E-state index contributed by atoms with van der Waals surface area (Å²) in [6.45, 7) is 0. The molecule has 0 heterocycles. The lowest BCUT2D eigenvalue weighted by molar-refractivity contribution is -0.384. The molecule has 2 aromatic carbocycles. The van der Waals surface area contributed by atoms with Crippen LogP contribution in [0.25, 0.3) is 0 Å². The number of aromatic hydroxyl groups is 1. The van der Waals surface area contributed by atoms with Gasteiger partial charge in [0.1, 0.15) is 17.3 Å². The molecule has 4 N–H and O–H groups in total. The number of amides is 1. The molecule has 0 radical (unpaired) electrons. The second-order valence-electron chi connectivity index (χ2n) is 4.14. The summed E-state index contributed by atoms with van der Waals surface area (Å²) in [4.78, 5) is 22.1. The fourth-order valence-corrected chi connectivity index (χ4v) is 1.71. The highest BCUT2D eigenvalue weighted by Crippen LogP contribution is 2.29. The van der Waals surface area contributed by atoms with Crippen molar-refractivity contribution in [3.63, 3.8) is 0 Å². The minimum absolute atomic E-state index is 0.0150. The summed E-state index contributed by atoms with van der Waals surface area (Å²) in [7, 11) is 0. The van der Waals surface area contributed by atoms with Gasteiger partial charge in [-0.15, -0.1) is 0 Å². The summed E-state index contributed by atoms with van der Waals surface area (Å²) in [5, 5.41) is 22.4. The Balaban J connectivity index is 2.34. The molecule has 2 aromatic rings. The van der Waals surface area contributed by atoms with E-state index in [1.807, 2.05) is 0 Å². The van der Waals surface area contributed by atoms with E-state index >= 15 is 0 Å². The number of anilines is 2. The highest BCUT2D eigenvalue weighted by atomic mass is 19.1. The minimum atomic E-state index is -0.747. The molecular formula is C13H10FN3O4. The van der Waals surface area contributed by atoms with E-state index in [9.17, 15) is 24.4 Å². The molecule has 0 atom stereocenters. The lowest BCUT2D eigenvalue weighted by Crippen LogP contribution is -2.15. The maximum Gasteiger partial charge on any atom is 0.296 e. The van der Waals surface area contributed by atoms with Crippen LogP contribution in [0.3, 0.4) is 0 Å². The molecule has 0 fully saturated rings. The van der Waals surface area contributed by atoms with Crippen LogP contribution in [-0.4, -0.2) is 15.9 Å². The van der Waals surface area contributed by atoms with Crippen LogP contribution in [-0.2, 0) is 0 Å². The van der Waals surface area contributed by atoms with Gasteiger partial charge in [-0.2, -0.15) is 0 Å². The summed E-state index contributed by atoms with van der Waals surface area (Å²) in [5.74, 6) is -1.62. The van der Waals surface area contributed by atoms with Gasteiger partial charge in [0.25, 0.3) is 11.6 Å². The number of nitrogens with one attached hydrogen (secondary N) is 1.